The summed E-state index contributed by atoms with van der Waals surface area (Å²) in [6.45, 7) is 0. The van der Waals surface area contributed by atoms with Crippen molar-refractivity contribution >= 4 is 23.2 Å². The lowest BCUT2D eigenvalue weighted by atomic mass is 9.83. The summed E-state index contributed by atoms with van der Waals surface area (Å²) in [6.07, 6.45) is 5.73. The van der Waals surface area contributed by atoms with Crippen molar-refractivity contribution in [1.29, 1.82) is 0 Å². The standard InChI is InChI=1S/C15H23Cl2N3/c1-20(2)15(7-3-4-8-15)14(19-18)10-11-5-6-12(16)13(17)9-11/h5-6,9,14,19H,3-4,7-8,10,18H2,1-2H3. The number of hydrogen-bond acceptors (Lipinski definition) is 3. The van der Waals surface area contributed by atoms with Crippen molar-refractivity contribution in [2.45, 2.75) is 43.7 Å². The van der Waals surface area contributed by atoms with Gasteiger partial charge in [-0.25, -0.2) is 0 Å². The first-order chi connectivity index (χ1) is 9.49. The molecule has 1 atom stereocenters. The molecule has 112 valence electrons. The van der Waals surface area contributed by atoms with Gasteiger partial charge in [-0.2, -0.15) is 0 Å². The Kier molecular flexibility index (Phi) is 5.32. The summed E-state index contributed by atoms with van der Waals surface area (Å²) in [7, 11) is 4.29. The molecule has 1 fully saturated rings. The molecule has 1 aliphatic rings. The Labute approximate surface area is 131 Å². The monoisotopic (exact) mass is 315 g/mol. The molecule has 3 N–H and O–H groups in total. The number of nitrogens with one attached hydrogen (secondary N) is 1. The molecule has 2 rings (SSSR count). The Morgan fingerprint density at radius 2 is 1.90 bits per heavy atom. The Hall–Kier alpha value is -0.320. The minimum absolute atomic E-state index is 0.126. The van der Waals surface area contributed by atoms with Gasteiger partial charge in [0.2, 0.25) is 0 Å². The summed E-state index contributed by atoms with van der Waals surface area (Å²) < 4.78 is 0. The zero-order valence-electron chi connectivity index (χ0n) is 12.1. The second-order valence-corrected chi connectivity index (χ2v) is 6.69. The zero-order chi connectivity index (χ0) is 14.8. The van der Waals surface area contributed by atoms with Crippen LogP contribution in [0, 0.1) is 0 Å². The maximum atomic E-state index is 6.10. The van der Waals surface area contributed by atoms with Gasteiger partial charge in [0, 0.05) is 11.6 Å². The molecule has 0 spiro atoms. The Bertz CT molecular complexity index is 456. The van der Waals surface area contributed by atoms with Crippen LogP contribution in [0.15, 0.2) is 18.2 Å². The van der Waals surface area contributed by atoms with Crippen LogP contribution < -0.4 is 11.3 Å². The Morgan fingerprint density at radius 3 is 2.40 bits per heavy atom. The number of nitrogens with zero attached hydrogens (tertiary/aromatic N) is 1. The van der Waals surface area contributed by atoms with Crippen LogP contribution in [0.3, 0.4) is 0 Å². The van der Waals surface area contributed by atoms with Gasteiger partial charge < -0.3 is 4.90 Å². The lowest BCUT2D eigenvalue weighted by Gasteiger charge is -2.43. The summed E-state index contributed by atoms with van der Waals surface area (Å²) in [6, 6.07) is 6.02. The van der Waals surface area contributed by atoms with Crippen LogP contribution in [0.25, 0.3) is 0 Å². The van der Waals surface area contributed by atoms with Gasteiger partial charge in [0.05, 0.1) is 10.0 Å². The first kappa shape index (κ1) is 16.1. The number of hydrazine groups is 1. The molecule has 0 heterocycles. The fourth-order valence-corrected chi connectivity index (χ4v) is 3.72. The molecule has 3 nitrogen and oxygen atoms in total. The van der Waals surface area contributed by atoms with Gasteiger partial charge in [-0.1, -0.05) is 42.1 Å². The number of likely N-dealkylation sites (N-methyl/N-ethyl adjacent to an activating group) is 1. The molecule has 0 radical (unpaired) electrons. The van der Waals surface area contributed by atoms with E-state index in [1.165, 1.54) is 25.7 Å². The molecule has 1 aromatic rings. The first-order valence-electron chi connectivity index (χ1n) is 7.07. The predicted octanol–water partition coefficient (Wildman–Crippen LogP) is 3.24. The van der Waals surface area contributed by atoms with Crippen molar-refractivity contribution in [3.8, 4) is 0 Å². The van der Waals surface area contributed by atoms with Crippen LogP contribution in [0.5, 0.6) is 0 Å². The molecule has 0 saturated heterocycles. The third-order valence-electron chi connectivity index (χ3n) is 4.63. The molecule has 20 heavy (non-hydrogen) atoms. The van der Waals surface area contributed by atoms with E-state index in [1.807, 2.05) is 18.2 Å². The third kappa shape index (κ3) is 3.12. The van der Waals surface area contributed by atoms with E-state index in [1.54, 1.807) is 0 Å². The van der Waals surface area contributed by atoms with E-state index in [4.69, 9.17) is 29.0 Å². The van der Waals surface area contributed by atoms with Gasteiger partial charge in [-0.3, -0.25) is 11.3 Å². The summed E-state index contributed by atoms with van der Waals surface area (Å²) >= 11 is 12.1. The van der Waals surface area contributed by atoms with Gasteiger partial charge >= 0.3 is 0 Å². The van der Waals surface area contributed by atoms with Crippen molar-refractivity contribution in [3.63, 3.8) is 0 Å². The summed E-state index contributed by atoms with van der Waals surface area (Å²) in [4.78, 5) is 2.32. The summed E-state index contributed by atoms with van der Waals surface area (Å²) in [5, 5.41) is 1.20. The fraction of sp³-hybridized carbons (Fsp3) is 0.600. The predicted molar refractivity (Wildman–Crippen MR) is 86.2 cm³/mol. The van der Waals surface area contributed by atoms with Crippen molar-refractivity contribution < 1.29 is 0 Å². The third-order valence-corrected chi connectivity index (χ3v) is 5.37. The zero-order valence-corrected chi connectivity index (χ0v) is 13.6. The second kappa shape index (κ2) is 6.63. The van der Waals surface area contributed by atoms with Gasteiger partial charge in [-0.15, -0.1) is 0 Å². The Morgan fingerprint density at radius 1 is 1.25 bits per heavy atom. The van der Waals surface area contributed by atoms with Crippen molar-refractivity contribution in [1.82, 2.24) is 10.3 Å². The average molecular weight is 316 g/mol. The van der Waals surface area contributed by atoms with Gasteiger partial charge in [-0.05, 0) is 51.1 Å². The van der Waals surface area contributed by atoms with Crippen LogP contribution in [-0.2, 0) is 6.42 Å². The van der Waals surface area contributed by atoms with Crippen LogP contribution >= 0.6 is 23.2 Å². The smallest absolute Gasteiger partial charge is 0.0595 e. The summed E-state index contributed by atoms with van der Waals surface area (Å²) in [5.74, 6) is 5.86. The van der Waals surface area contributed by atoms with E-state index in [0.29, 0.717) is 10.0 Å². The number of halogens is 2. The first-order valence-corrected chi connectivity index (χ1v) is 7.82. The SMILES string of the molecule is CN(C)C1(C(Cc2ccc(Cl)c(Cl)c2)NN)CCCC1. The number of hydrogen-bond donors (Lipinski definition) is 2. The minimum Gasteiger partial charge on any atom is -0.302 e. The summed E-state index contributed by atoms with van der Waals surface area (Å²) in [5.41, 5.74) is 4.32. The molecule has 1 unspecified atom stereocenters. The topological polar surface area (TPSA) is 41.3 Å². The highest BCUT2D eigenvalue weighted by Crippen LogP contribution is 2.38. The molecule has 0 aromatic heterocycles. The molecule has 1 aliphatic carbocycles. The van der Waals surface area contributed by atoms with E-state index in [0.717, 1.165) is 12.0 Å². The Balaban J connectivity index is 2.21. The number of nitrogens with two attached hydrogens (primary N) is 1. The molecular formula is C15H23Cl2N3. The van der Waals surface area contributed by atoms with Crippen LogP contribution in [0.2, 0.25) is 10.0 Å². The van der Waals surface area contributed by atoms with E-state index in [2.05, 4.69) is 24.4 Å². The highest BCUT2D eigenvalue weighted by atomic mass is 35.5. The van der Waals surface area contributed by atoms with Crippen LogP contribution in [0.4, 0.5) is 0 Å². The number of benzene rings is 1. The van der Waals surface area contributed by atoms with E-state index < -0.39 is 0 Å². The normalized spacial score (nSPS) is 19.5. The second-order valence-electron chi connectivity index (χ2n) is 5.88. The van der Waals surface area contributed by atoms with Gasteiger partial charge in [0.25, 0.3) is 0 Å². The van der Waals surface area contributed by atoms with Crippen molar-refractivity contribution in [2.24, 2.45) is 5.84 Å². The average Bonchev–Trinajstić information content (AvgIpc) is 2.90. The largest absolute Gasteiger partial charge is 0.302 e. The minimum atomic E-state index is 0.126. The molecule has 1 saturated carbocycles. The van der Waals surface area contributed by atoms with Gasteiger partial charge in [0.15, 0.2) is 0 Å². The molecule has 5 heteroatoms. The molecule has 0 bridgehead atoms. The van der Waals surface area contributed by atoms with Gasteiger partial charge in [0.1, 0.15) is 0 Å². The molecule has 0 aliphatic heterocycles. The fourth-order valence-electron chi connectivity index (χ4n) is 3.40. The maximum absolute atomic E-state index is 6.10. The molecule has 1 aromatic carbocycles. The van der Waals surface area contributed by atoms with E-state index in [9.17, 15) is 0 Å². The van der Waals surface area contributed by atoms with Crippen molar-refractivity contribution in [2.75, 3.05) is 14.1 Å². The molecule has 0 amide bonds. The van der Waals surface area contributed by atoms with E-state index >= 15 is 0 Å². The number of rotatable bonds is 5. The lowest BCUT2D eigenvalue weighted by molar-refractivity contribution is 0.104. The highest BCUT2D eigenvalue weighted by Gasteiger charge is 2.42. The van der Waals surface area contributed by atoms with Crippen LogP contribution in [-0.4, -0.2) is 30.6 Å². The lowest BCUT2D eigenvalue weighted by Crippen LogP contribution is -2.60. The quantitative estimate of drug-likeness (QED) is 0.647. The highest BCUT2D eigenvalue weighted by molar-refractivity contribution is 6.42. The van der Waals surface area contributed by atoms with E-state index in [-0.39, 0.29) is 11.6 Å². The van der Waals surface area contributed by atoms with Crippen molar-refractivity contribution in [3.05, 3.63) is 33.8 Å². The molecular weight excluding hydrogens is 293 g/mol. The maximum Gasteiger partial charge on any atom is 0.0595 e. The van der Waals surface area contributed by atoms with Crippen LogP contribution in [0.1, 0.15) is 31.2 Å².